The van der Waals surface area contributed by atoms with E-state index in [1.54, 1.807) is 6.20 Å². The lowest BCUT2D eigenvalue weighted by atomic mass is 9.93. The van der Waals surface area contributed by atoms with E-state index in [9.17, 15) is 0 Å². The quantitative estimate of drug-likeness (QED) is 0.253. The third-order valence-corrected chi connectivity index (χ3v) is 5.59. The number of pyridine rings is 1. The SMILES string of the molecule is Brc1cnc2oc3cc4c5ccccc5c5ccccc5c4cc3c2c1. The van der Waals surface area contributed by atoms with Gasteiger partial charge in [-0.05, 0) is 66.4 Å². The van der Waals surface area contributed by atoms with Gasteiger partial charge in [0.15, 0.2) is 0 Å². The molecular weight excluding hydrogens is 386 g/mol. The van der Waals surface area contributed by atoms with E-state index in [1.807, 2.05) is 0 Å². The topological polar surface area (TPSA) is 26.0 Å². The molecule has 2 heterocycles. The number of rotatable bonds is 0. The normalized spacial score (nSPS) is 12.0. The lowest BCUT2D eigenvalue weighted by Gasteiger charge is -2.10. The molecule has 0 unspecified atom stereocenters. The van der Waals surface area contributed by atoms with E-state index >= 15 is 0 Å². The van der Waals surface area contributed by atoms with Crippen molar-refractivity contribution in [3.8, 4) is 0 Å². The summed E-state index contributed by atoms with van der Waals surface area (Å²) in [6.07, 6.45) is 1.77. The summed E-state index contributed by atoms with van der Waals surface area (Å²) in [7, 11) is 0. The number of halogens is 1. The molecule has 4 aromatic carbocycles. The molecule has 0 spiro atoms. The Kier molecular flexibility index (Phi) is 2.78. The van der Waals surface area contributed by atoms with E-state index in [4.69, 9.17) is 4.42 Å². The van der Waals surface area contributed by atoms with Crippen LogP contribution in [0, 0.1) is 0 Å². The van der Waals surface area contributed by atoms with Gasteiger partial charge in [0.25, 0.3) is 0 Å². The van der Waals surface area contributed by atoms with Gasteiger partial charge in [0, 0.05) is 21.4 Å². The first-order valence-corrected chi connectivity index (χ1v) is 9.30. The molecule has 0 aliphatic carbocycles. The molecule has 0 atom stereocenters. The number of fused-ring (bicyclic) bond motifs is 9. The first kappa shape index (κ1) is 14.3. The van der Waals surface area contributed by atoms with Gasteiger partial charge in [-0.1, -0.05) is 48.5 Å². The third-order valence-electron chi connectivity index (χ3n) is 5.16. The molecule has 26 heavy (non-hydrogen) atoms. The summed E-state index contributed by atoms with van der Waals surface area (Å²) in [5, 5.41) is 9.65. The Labute approximate surface area is 157 Å². The van der Waals surface area contributed by atoms with Gasteiger partial charge in [-0.25, -0.2) is 4.98 Å². The van der Waals surface area contributed by atoms with Crippen LogP contribution in [0.1, 0.15) is 0 Å². The van der Waals surface area contributed by atoms with E-state index in [0.29, 0.717) is 5.71 Å². The molecule has 2 aromatic heterocycles. The number of furan rings is 1. The lowest BCUT2D eigenvalue weighted by Crippen LogP contribution is -1.83. The largest absolute Gasteiger partial charge is 0.438 e. The Bertz CT molecular complexity index is 1500. The first-order chi connectivity index (χ1) is 12.8. The van der Waals surface area contributed by atoms with E-state index in [2.05, 4.69) is 87.6 Å². The summed E-state index contributed by atoms with van der Waals surface area (Å²) < 4.78 is 7.00. The highest BCUT2D eigenvalue weighted by atomic mass is 79.9. The van der Waals surface area contributed by atoms with Crippen LogP contribution in [0.15, 0.2) is 81.8 Å². The van der Waals surface area contributed by atoms with Gasteiger partial charge in [-0.3, -0.25) is 0 Å². The Morgan fingerprint density at radius 1 is 0.615 bits per heavy atom. The zero-order chi connectivity index (χ0) is 17.3. The van der Waals surface area contributed by atoms with Gasteiger partial charge < -0.3 is 4.42 Å². The van der Waals surface area contributed by atoms with E-state index < -0.39 is 0 Å². The maximum atomic E-state index is 6.04. The van der Waals surface area contributed by atoms with Gasteiger partial charge in [0.05, 0.1) is 0 Å². The van der Waals surface area contributed by atoms with E-state index in [1.165, 1.54) is 32.3 Å². The van der Waals surface area contributed by atoms with Crippen LogP contribution in [-0.4, -0.2) is 4.98 Å². The van der Waals surface area contributed by atoms with Crippen LogP contribution < -0.4 is 0 Å². The molecule has 0 saturated carbocycles. The molecule has 0 radical (unpaired) electrons. The average molecular weight is 398 g/mol. The van der Waals surface area contributed by atoms with Crippen LogP contribution in [0.5, 0.6) is 0 Å². The predicted octanol–water partition coefficient (Wildman–Crippen LogP) is 7.20. The van der Waals surface area contributed by atoms with Crippen molar-refractivity contribution in [3.05, 3.63) is 77.4 Å². The number of benzene rings is 4. The molecule has 0 aliphatic heterocycles. The molecule has 0 fully saturated rings. The van der Waals surface area contributed by atoms with Crippen LogP contribution in [0.4, 0.5) is 0 Å². The molecule has 0 saturated heterocycles. The van der Waals surface area contributed by atoms with E-state index in [0.717, 1.165) is 20.8 Å². The van der Waals surface area contributed by atoms with Crippen molar-refractivity contribution in [2.45, 2.75) is 0 Å². The zero-order valence-corrected chi connectivity index (χ0v) is 15.2. The summed E-state index contributed by atoms with van der Waals surface area (Å²) in [6, 6.07) is 23.7. The van der Waals surface area contributed by atoms with Crippen molar-refractivity contribution in [1.82, 2.24) is 4.98 Å². The summed E-state index contributed by atoms with van der Waals surface area (Å²) in [4.78, 5) is 4.42. The first-order valence-electron chi connectivity index (χ1n) is 8.50. The summed E-state index contributed by atoms with van der Waals surface area (Å²) >= 11 is 3.52. The third kappa shape index (κ3) is 1.84. The molecule has 2 nitrogen and oxygen atoms in total. The Balaban J connectivity index is 1.94. The van der Waals surface area contributed by atoms with Gasteiger partial charge in [0.2, 0.25) is 5.71 Å². The number of nitrogens with zero attached hydrogens (tertiary/aromatic N) is 1. The van der Waals surface area contributed by atoms with Crippen molar-refractivity contribution in [1.29, 1.82) is 0 Å². The monoisotopic (exact) mass is 397 g/mol. The smallest absolute Gasteiger partial charge is 0.227 e. The maximum Gasteiger partial charge on any atom is 0.227 e. The highest BCUT2D eigenvalue weighted by Crippen LogP contribution is 2.39. The molecule has 122 valence electrons. The minimum atomic E-state index is 0.673. The number of aromatic nitrogens is 1. The maximum absolute atomic E-state index is 6.04. The van der Waals surface area contributed by atoms with Crippen molar-refractivity contribution in [2.24, 2.45) is 0 Å². The highest BCUT2D eigenvalue weighted by molar-refractivity contribution is 9.10. The van der Waals surface area contributed by atoms with Crippen molar-refractivity contribution in [3.63, 3.8) is 0 Å². The van der Waals surface area contributed by atoms with Crippen LogP contribution in [0.25, 0.3) is 54.4 Å². The second-order valence-corrected chi connectivity index (χ2v) is 7.51. The van der Waals surface area contributed by atoms with Gasteiger partial charge in [-0.15, -0.1) is 0 Å². The molecule has 0 aliphatic rings. The van der Waals surface area contributed by atoms with Crippen LogP contribution >= 0.6 is 15.9 Å². The fourth-order valence-electron chi connectivity index (χ4n) is 4.03. The molecule has 6 rings (SSSR count). The van der Waals surface area contributed by atoms with Gasteiger partial charge >= 0.3 is 0 Å². The second-order valence-electron chi connectivity index (χ2n) is 6.59. The van der Waals surface area contributed by atoms with Crippen molar-refractivity contribution >= 4 is 70.3 Å². The predicted molar refractivity (Wildman–Crippen MR) is 112 cm³/mol. The Morgan fingerprint density at radius 3 is 1.85 bits per heavy atom. The molecule has 0 N–H and O–H groups in total. The Morgan fingerprint density at radius 2 is 1.19 bits per heavy atom. The number of hydrogen-bond donors (Lipinski definition) is 0. The zero-order valence-electron chi connectivity index (χ0n) is 13.7. The van der Waals surface area contributed by atoms with E-state index in [-0.39, 0.29) is 0 Å². The summed E-state index contributed by atoms with van der Waals surface area (Å²) in [5.74, 6) is 0. The second kappa shape index (κ2) is 5.05. The fourth-order valence-corrected chi connectivity index (χ4v) is 4.36. The summed E-state index contributed by atoms with van der Waals surface area (Å²) in [5.41, 5.74) is 1.55. The Hall–Kier alpha value is -2.91. The average Bonchev–Trinajstić information content (AvgIpc) is 3.04. The lowest BCUT2D eigenvalue weighted by molar-refractivity contribution is 0.654. The molecule has 0 bridgehead atoms. The van der Waals surface area contributed by atoms with Crippen LogP contribution in [0.2, 0.25) is 0 Å². The highest BCUT2D eigenvalue weighted by Gasteiger charge is 2.14. The van der Waals surface area contributed by atoms with Crippen LogP contribution in [0.3, 0.4) is 0 Å². The standard InChI is InChI=1S/C23H12BrNO/c24-13-9-21-20-10-18-16-7-3-1-5-14(16)15-6-2-4-8-17(15)19(18)11-22(20)26-23(21)25-12-13/h1-12H. The molecular formula is C23H12BrNO. The minimum absolute atomic E-state index is 0.673. The van der Waals surface area contributed by atoms with Crippen molar-refractivity contribution < 1.29 is 4.42 Å². The van der Waals surface area contributed by atoms with Crippen LogP contribution in [-0.2, 0) is 0 Å². The summed E-state index contributed by atoms with van der Waals surface area (Å²) in [6.45, 7) is 0. The van der Waals surface area contributed by atoms with Gasteiger partial charge in [-0.2, -0.15) is 0 Å². The number of hydrogen-bond acceptors (Lipinski definition) is 2. The van der Waals surface area contributed by atoms with Crippen molar-refractivity contribution in [2.75, 3.05) is 0 Å². The fraction of sp³-hybridized carbons (Fsp3) is 0. The van der Waals surface area contributed by atoms with Gasteiger partial charge in [0.1, 0.15) is 5.58 Å². The minimum Gasteiger partial charge on any atom is -0.438 e. The molecule has 0 amide bonds. The molecule has 3 heteroatoms. The molecule has 6 aromatic rings.